The Labute approximate surface area is 163 Å². The second kappa shape index (κ2) is 7.27. The molecule has 0 amide bonds. The molecule has 144 valence electrons. The number of pyridine rings is 1. The van der Waals surface area contributed by atoms with Gasteiger partial charge in [0.15, 0.2) is 0 Å². The highest BCUT2D eigenvalue weighted by atomic mass is 32.2. The molecular formula is C19H23N3O3S2. The first kappa shape index (κ1) is 19.9. The van der Waals surface area contributed by atoms with E-state index in [4.69, 9.17) is 0 Å². The molecule has 1 aromatic carbocycles. The predicted molar refractivity (Wildman–Crippen MR) is 108 cm³/mol. The summed E-state index contributed by atoms with van der Waals surface area (Å²) in [6.07, 6.45) is 3.19. The molecule has 2 heterocycles. The molecule has 8 heteroatoms. The Morgan fingerprint density at radius 1 is 1.19 bits per heavy atom. The maximum Gasteiger partial charge on any atom is 0.268 e. The van der Waals surface area contributed by atoms with Crippen LogP contribution in [0.25, 0.3) is 10.9 Å². The molecular weight excluding hydrogens is 382 g/mol. The van der Waals surface area contributed by atoms with E-state index in [1.165, 1.54) is 3.97 Å². The Morgan fingerprint density at radius 2 is 1.85 bits per heavy atom. The molecule has 3 aromatic rings. The lowest BCUT2D eigenvalue weighted by molar-refractivity contribution is 0.527. The summed E-state index contributed by atoms with van der Waals surface area (Å²) < 4.78 is 43.1. The standard InChI is InChI=1S/C19H23N3O3S2/c1-14(21-26(23)19(2,3)4)18-12-15-13-20-11-10-17(15)22(18)27(24,25)16-8-6-5-7-9-16/h5-14,21H,1-4H3/t14-,26?/m1/s1. The molecule has 1 N–H and O–H groups in total. The smallest absolute Gasteiger partial charge is 0.268 e. The van der Waals surface area contributed by atoms with E-state index in [1.807, 2.05) is 27.7 Å². The number of aromatic nitrogens is 2. The molecule has 0 radical (unpaired) electrons. The van der Waals surface area contributed by atoms with E-state index in [2.05, 4.69) is 9.71 Å². The summed E-state index contributed by atoms with van der Waals surface area (Å²) in [5.41, 5.74) is 1.05. The Balaban J connectivity index is 2.16. The minimum Gasteiger partial charge on any atom is -0.598 e. The van der Waals surface area contributed by atoms with Gasteiger partial charge in [-0.05, 0) is 52.0 Å². The van der Waals surface area contributed by atoms with Crippen molar-refractivity contribution in [2.45, 2.75) is 43.4 Å². The molecule has 2 atom stereocenters. The van der Waals surface area contributed by atoms with Crippen LogP contribution in [0.4, 0.5) is 0 Å². The molecule has 3 rings (SSSR count). The van der Waals surface area contributed by atoms with Crippen LogP contribution in [0, 0.1) is 0 Å². The first-order valence-corrected chi connectivity index (χ1v) is 11.2. The van der Waals surface area contributed by atoms with Gasteiger partial charge in [0.1, 0.15) is 4.75 Å². The van der Waals surface area contributed by atoms with Crippen molar-refractivity contribution in [2.75, 3.05) is 0 Å². The van der Waals surface area contributed by atoms with Crippen molar-refractivity contribution in [3.05, 3.63) is 60.6 Å². The Bertz CT molecular complexity index is 1040. The van der Waals surface area contributed by atoms with E-state index < -0.39 is 32.2 Å². The summed E-state index contributed by atoms with van der Waals surface area (Å²) in [4.78, 5) is 4.29. The minimum absolute atomic E-state index is 0.199. The molecule has 0 spiro atoms. The van der Waals surface area contributed by atoms with Gasteiger partial charge in [0.25, 0.3) is 10.0 Å². The highest BCUT2D eigenvalue weighted by molar-refractivity contribution is 7.91. The van der Waals surface area contributed by atoms with Crippen LogP contribution in [0.2, 0.25) is 0 Å². The second-order valence-electron chi connectivity index (χ2n) is 7.31. The van der Waals surface area contributed by atoms with Crippen molar-refractivity contribution < 1.29 is 13.0 Å². The molecule has 0 bridgehead atoms. The quantitative estimate of drug-likeness (QED) is 0.658. The van der Waals surface area contributed by atoms with Gasteiger partial charge in [0.2, 0.25) is 0 Å². The topological polar surface area (TPSA) is 87.0 Å². The van der Waals surface area contributed by atoms with E-state index in [9.17, 15) is 13.0 Å². The second-order valence-corrected chi connectivity index (χ2v) is 11.1. The molecule has 27 heavy (non-hydrogen) atoms. The van der Waals surface area contributed by atoms with Gasteiger partial charge in [0, 0.05) is 29.1 Å². The predicted octanol–water partition coefficient (Wildman–Crippen LogP) is 3.39. The van der Waals surface area contributed by atoms with Crippen LogP contribution < -0.4 is 4.72 Å². The maximum absolute atomic E-state index is 13.4. The van der Waals surface area contributed by atoms with Gasteiger partial charge in [-0.25, -0.2) is 12.4 Å². The third-order valence-corrected chi connectivity index (χ3v) is 7.59. The summed E-state index contributed by atoms with van der Waals surface area (Å²) in [5, 5.41) is 0.710. The summed E-state index contributed by atoms with van der Waals surface area (Å²) in [5.74, 6) is 0. The van der Waals surface area contributed by atoms with Crippen molar-refractivity contribution in [1.82, 2.24) is 13.7 Å². The van der Waals surface area contributed by atoms with Gasteiger partial charge in [-0.3, -0.25) is 4.98 Å². The number of fused-ring (bicyclic) bond motifs is 1. The summed E-state index contributed by atoms with van der Waals surface area (Å²) in [7, 11) is -3.82. The largest absolute Gasteiger partial charge is 0.598 e. The monoisotopic (exact) mass is 405 g/mol. The first-order valence-electron chi connectivity index (χ1n) is 8.56. The van der Waals surface area contributed by atoms with Crippen molar-refractivity contribution in [3.63, 3.8) is 0 Å². The molecule has 1 unspecified atom stereocenters. The molecule has 0 saturated carbocycles. The molecule has 0 saturated heterocycles. The number of nitrogens with one attached hydrogen (secondary N) is 1. The maximum atomic E-state index is 13.4. The third kappa shape index (κ3) is 3.89. The summed E-state index contributed by atoms with van der Waals surface area (Å²) in [6, 6.07) is 11.3. The van der Waals surface area contributed by atoms with Gasteiger partial charge in [0.05, 0.1) is 22.1 Å². The van der Waals surface area contributed by atoms with Gasteiger partial charge in [-0.1, -0.05) is 18.2 Å². The lowest BCUT2D eigenvalue weighted by Gasteiger charge is -2.27. The van der Waals surface area contributed by atoms with Gasteiger partial charge < -0.3 is 4.55 Å². The molecule has 2 aromatic heterocycles. The zero-order valence-electron chi connectivity index (χ0n) is 15.7. The van der Waals surface area contributed by atoms with Crippen molar-refractivity contribution in [1.29, 1.82) is 0 Å². The van der Waals surface area contributed by atoms with E-state index in [0.717, 1.165) is 0 Å². The molecule has 0 aliphatic carbocycles. The Hall–Kier alpha value is -1.87. The number of hydrogen-bond acceptors (Lipinski definition) is 5. The van der Waals surface area contributed by atoms with Crippen molar-refractivity contribution in [3.8, 4) is 0 Å². The Morgan fingerprint density at radius 3 is 2.48 bits per heavy atom. The number of nitrogens with zero attached hydrogens (tertiary/aromatic N) is 2. The van der Waals surface area contributed by atoms with Crippen LogP contribution in [0.5, 0.6) is 0 Å². The van der Waals surface area contributed by atoms with E-state index in [0.29, 0.717) is 16.6 Å². The summed E-state index contributed by atoms with van der Waals surface area (Å²) in [6.45, 7) is 7.40. The van der Waals surface area contributed by atoms with E-state index in [-0.39, 0.29) is 4.90 Å². The lowest BCUT2D eigenvalue weighted by atomic mass is 10.2. The number of rotatable bonds is 5. The zero-order valence-corrected chi connectivity index (χ0v) is 17.3. The SMILES string of the molecule is C[C@@H](N[S+]([O-])C(C)(C)C)c1cc2cnccc2n1S(=O)(=O)c1ccccc1. The van der Waals surface area contributed by atoms with Gasteiger partial charge in [-0.2, -0.15) is 0 Å². The average Bonchev–Trinajstić information content (AvgIpc) is 3.02. The van der Waals surface area contributed by atoms with Crippen LogP contribution in [-0.2, 0) is 21.4 Å². The number of benzene rings is 1. The van der Waals surface area contributed by atoms with E-state index >= 15 is 0 Å². The fraction of sp³-hybridized carbons (Fsp3) is 0.316. The molecule has 0 aliphatic rings. The average molecular weight is 406 g/mol. The fourth-order valence-electron chi connectivity index (χ4n) is 2.72. The molecule has 0 aliphatic heterocycles. The zero-order chi connectivity index (χ0) is 19.8. The number of hydrogen-bond donors (Lipinski definition) is 1. The third-order valence-electron chi connectivity index (χ3n) is 4.15. The lowest BCUT2D eigenvalue weighted by Crippen LogP contribution is -2.41. The van der Waals surface area contributed by atoms with Crippen LogP contribution in [0.3, 0.4) is 0 Å². The highest BCUT2D eigenvalue weighted by Crippen LogP contribution is 2.30. The Kier molecular flexibility index (Phi) is 5.36. The van der Waals surface area contributed by atoms with Crippen LogP contribution in [0.1, 0.15) is 39.4 Å². The van der Waals surface area contributed by atoms with Gasteiger partial charge in [-0.15, -0.1) is 4.72 Å². The van der Waals surface area contributed by atoms with Crippen molar-refractivity contribution in [2.24, 2.45) is 0 Å². The van der Waals surface area contributed by atoms with E-state index in [1.54, 1.807) is 54.9 Å². The van der Waals surface area contributed by atoms with Crippen LogP contribution in [-0.4, -0.2) is 26.7 Å². The highest BCUT2D eigenvalue weighted by Gasteiger charge is 2.31. The van der Waals surface area contributed by atoms with Gasteiger partial charge >= 0.3 is 0 Å². The normalized spacial score (nSPS) is 15.0. The van der Waals surface area contributed by atoms with Crippen LogP contribution >= 0.6 is 0 Å². The first-order chi connectivity index (χ1) is 12.6. The molecule has 6 nitrogen and oxygen atoms in total. The fourth-order valence-corrected chi connectivity index (χ4v) is 5.14. The van der Waals surface area contributed by atoms with Crippen LogP contribution in [0.15, 0.2) is 59.8 Å². The minimum atomic E-state index is -3.82. The van der Waals surface area contributed by atoms with Crippen molar-refractivity contribution >= 4 is 32.3 Å². The molecule has 0 fully saturated rings. The summed E-state index contributed by atoms with van der Waals surface area (Å²) >= 11 is -1.34.